The molecule has 0 atom stereocenters. The molecule has 0 fully saturated rings. The maximum atomic E-state index is 5.81. The van der Waals surface area contributed by atoms with E-state index >= 15 is 0 Å². The lowest BCUT2D eigenvalue weighted by Crippen LogP contribution is -2.39. The second-order valence-electron chi connectivity index (χ2n) is 10.2. The van der Waals surface area contributed by atoms with E-state index < -0.39 is 11.9 Å². The summed E-state index contributed by atoms with van der Waals surface area (Å²) >= 11 is 0. The molecule has 0 spiro atoms. The summed E-state index contributed by atoms with van der Waals surface area (Å²) in [4.78, 5) is 0. The van der Waals surface area contributed by atoms with Crippen molar-refractivity contribution in [2.45, 2.75) is 156 Å². The Morgan fingerprint density at radius 2 is 0.564 bits per heavy atom. The molecule has 0 aromatic heterocycles. The zero-order valence-corrected chi connectivity index (χ0v) is 26.9. The topological polar surface area (TPSA) is 67.4 Å². The lowest BCUT2D eigenvalue weighted by molar-refractivity contribution is -0.380. The van der Waals surface area contributed by atoms with Crippen molar-refractivity contribution in [3.63, 3.8) is 0 Å². The van der Waals surface area contributed by atoms with Crippen molar-refractivity contribution >= 4 is 0 Å². The number of unbranched alkanes of at least 4 members (excludes halogenated alkanes) is 12. The first-order valence-electron chi connectivity index (χ1n) is 16.6. The van der Waals surface area contributed by atoms with E-state index in [1.807, 2.05) is 41.5 Å². The molecule has 0 heterocycles. The Morgan fingerprint density at radius 3 is 0.821 bits per heavy atom. The highest BCUT2D eigenvalue weighted by Gasteiger charge is 2.32. The van der Waals surface area contributed by atoms with E-state index in [9.17, 15) is 0 Å². The minimum absolute atomic E-state index is 0.607. The lowest BCUT2D eigenvalue weighted by atomic mass is 10.1. The average molecular weight is 562 g/mol. The van der Waals surface area contributed by atoms with Crippen molar-refractivity contribution in [3.8, 4) is 0 Å². The summed E-state index contributed by atoms with van der Waals surface area (Å²) in [6.45, 7) is 17.9. The first-order valence-corrected chi connectivity index (χ1v) is 16.6. The summed E-state index contributed by atoms with van der Waals surface area (Å²) in [6.07, 6.45) is 19.3. The van der Waals surface area contributed by atoms with E-state index in [2.05, 4.69) is 5.32 Å². The smallest absolute Gasteiger partial charge is 0.282 e. The molecule has 0 amide bonds. The predicted octanol–water partition coefficient (Wildman–Crippen LogP) is 8.34. The van der Waals surface area contributed by atoms with Gasteiger partial charge in [-0.25, -0.2) is 0 Å². The molecule has 1 N–H and O–H groups in total. The van der Waals surface area contributed by atoms with E-state index in [4.69, 9.17) is 28.4 Å². The van der Waals surface area contributed by atoms with Crippen LogP contribution in [0.15, 0.2) is 0 Å². The fourth-order valence-corrected chi connectivity index (χ4v) is 5.08. The Morgan fingerprint density at radius 1 is 0.333 bits per heavy atom. The van der Waals surface area contributed by atoms with Crippen molar-refractivity contribution in [1.82, 2.24) is 5.32 Å². The van der Waals surface area contributed by atoms with E-state index in [1.165, 1.54) is 77.0 Å². The van der Waals surface area contributed by atoms with E-state index in [-0.39, 0.29) is 0 Å². The molecule has 0 aromatic carbocycles. The molecule has 236 valence electrons. The number of hydrogen-bond donors (Lipinski definition) is 1. The summed E-state index contributed by atoms with van der Waals surface area (Å²) in [5.41, 5.74) is 0. The number of ether oxygens (including phenoxy) is 6. The monoisotopic (exact) mass is 561 g/mol. The van der Waals surface area contributed by atoms with Gasteiger partial charge in [-0.2, -0.15) is 0 Å². The molecule has 0 saturated carbocycles. The number of rotatable bonds is 32. The molecule has 0 unspecified atom stereocenters. The summed E-state index contributed by atoms with van der Waals surface area (Å²) in [6, 6.07) is 0. The van der Waals surface area contributed by atoms with Crippen LogP contribution in [-0.2, 0) is 28.4 Å². The molecule has 7 nitrogen and oxygen atoms in total. The third-order valence-corrected chi connectivity index (χ3v) is 6.86. The van der Waals surface area contributed by atoms with Gasteiger partial charge in [-0.15, -0.1) is 0 Å². The molecule has 0 radical (unpaired) electrons. The van der Waals surface area contributed by atoms with E-state index in [1.54, 1.807) is 0 Å². The minimum Gasteiger partial charge on any atom is -0.328 e. The van der Waals surface area contributed by atoms with Crippen LogP contribution in [0.25, 0.3) is 0 Å². The fourth-order valence-electron chi connectivity index (χ4n) is 5.08. The Bertz CT molecular complexity index is 417. The maximum Gasteiger partial charge on any atom is 0.282 e. The van der Waals surface area contributed by atoms with Crippen molar-refractivity contribution in [3.05, 3.63) is 0 Å². The standard InChI is InChI=1S/C32H67NO6/c1-7-34-31(35-8-2,36-9-3)27-23-19-15-13-17-21-25-29-33-30-26-22-18-14-16-20-24-28-32(37-10-4,38-11-5)39-12-6/h33H,7-30H2,1-6H3. The SMILES string of the molecule is CCOC(CCCCCCCCCNCCCCCCCCCC(OCC)(OCC)OCC)(OCC)OCC. The molecule has 39 heavy (non-hydrogen) atoms. The van der Waals surface area contributed by atoms with Crippen LogP contribution < -0.4 is 5.32 Å². The molecular formula is C32H67NO6. The molecular weight excluding hydrogens is 494 g/mol. The first kappa shape index (κ1) is 38.7. The van der Waals surface area contributed by atoms with Gasteiger partial charge in [0.2, 0.25) is 0 Å². The molecule has 0 aliphatic heterocycles. The van der Waals surface area contributed by atoms with Crippen molar-refractivity contribution in [1.29, 1.82) is 0 Å². The normalized spacial score (nSPS) is 12.5. The van der Waals surface area contributed by atoms with Crippen LogP contribution in [-0.4, -0.2) is 64.7 Å². The van der Waals surface area contributed by atoms with E-state index in [0.29, 0.717) is 39.6 Å². The Labute approximate surface area is 242 Å². The fraction of sp³-hybridized carbons (Fsp3) is 1.00. The second kappa shape index (κ2) is 27.9. The Kier molecular flexibility index (Phi) is 27.7. The van der Waals surface area contributed by atoms with Gasteiger partial charge < -0.3 is 33.7 Å². The second-order valence-corrected chi connectivity index (χ2v) is 10.2. The third-order valence-electron chi connectivity index (χ3n) is 6.86. The van der Waals surface area contributed by atoms with Gasteiger partial charge in [-0.05, 0) is 80.3 Å². The quantitative estimate of drug-likeness (QED) is 0.0654. The van der Waals surface area contributed by atoms with Crippen LogP contribution in [0.3, 0.4) is 0 Å². The van der Waals surface area contributed by atoms with Crippen LogP contribution in [0.1, 0.15) is 144 Å². The molecule has 0 aliphatic carbocycles. The van der Waals surface area contributed by atoms with Gasteiger partial charge in [0.25, 0.3) is 11.9 Å². The lowest BCUT2D eigenvalue weighted by Gasteiger charge is -2.32. The zero-order chi connectivity index (χ0) is 28.9. The van der Waals surface area contributed by atoms with Crippen molar-refractivity contribution in [2.24, 2.45) is 0 Å². The summed E-state index contributed by atoms with van der Waals surface area (Å²) in [7, 11) is 0. The van der Waals surface area contributed by atoms with Crippen LogP contribution in [0.2, 0.25) is 0 Å². The van der Waals surface area contributed by atoms with Gasteiger partial charge >= 0.3 is 0 Å². The predicted molar refractivity (Wildman–Crippen MR) is 162 cm³/mol. The van der Waals surface area contributed by atoms with Crippen molar-refractivity contribution < 1.29 is 28.4 Å². The molecule has 0 aromatic rings. The third kappa shape index (κ3) is 21.1. The highest BCUT2D eigenvalue weighted by atomic mass is 16.9. The summed E-state index contributed by atoms with van der Waals surface area (Å²) in [5, 5.41) is 3.63. The summed E-state index contributed by atoms with van der Waals surface area (Å²) < 4.78 is 34.9. The van der Waals surface area contributed by atoms with Crippen molar-refractivity contribution in [2.75, 3.05) is 52.7 Å². The Hall–Kier alpha value is -0.280. The van der Waals surface area contributed by atoms with Gasteiger partial charge in [0.15, 0.2) is 0 Å². The van der Waals surface area contributed by atoms with E-state index in [0.717, 1.165) is 38.8 Å². The summed E-state index contributed by atoms with van der Waals surface area (Å²) in [5.74, 6) is -1.68. The van der Waals surface area contributed by atoms with Crippen LogP contribution >= 0.6 is 0 Å². The molecule has 0 rings (SSSR count). The van der Waals surface area contributed by atoms with Gasteiger partial charge in [-0.3, -0.25) is 0 Å². The van der Waals surface area contributed by atoms with Gasteiger partial charge in [0.1, 0.15) is 0 Å². The van der Waals surface area contributed by atoms with Gasteiger partial charge in [-0.1, -0.05) is 64.2 Å². The highest BCUT2D eigenvalue weighted by molar-refractivity contribution is 4.61. The minimum atomic E-state index is -0.838. The zero-order valence-electron chi connectivity index (χ0n) is 26.9. The molecule has 0 aliphatic rings. The van der Waals surface area contributed by atoms with Gasteiger partial charge in [0, 0.05) is 52.5 Å². The number of hydrogen-bond acceptors (Lipinski definition) is 7. The molecule has 0 bridgehead atoms. The largest absolute Gasteiger partial charge is 0.328 e. The molecule has 0 saturated heterocycles. The van der Waals surface area contributed by atoms with Crippen LogP contribution in [0, 0.1) is 0 Å². The number of nitrogens with one attached hydrogen (secondary N) is 1. The first-order chi connectivity index (χ1) is 19.1. The van der Waals surface area contributed by atoms with Crippen LogP contribution in [0.4, 0.5) is 0 Å². The van der Waals surface area contributed by atoms with Crippen LogP contribution in [0.5, 0.6) is 0 Å². The average Bonchev–Trinajstić information content (AvgIpc) is 2.91. The highest BCUT2D eigenvalue weighted by Crippen LogP contribution is 2.25. The molecule has 7 heteroatoms. The Balaban J connectivity index is 3.57. The van der Waals surface area contributed by atoms with Gasteiger partial charge in [0.05, 0.1) is 0 Å². The maximum absolute atomic E-state index is 5.81.